The van der Waals surface area contributed by atoms with E-state index in [0.717, 1.165) is 44.5 Å². The molecule has 1 N–H and O–H groups in total. The molecule has 126 valence electrons. The van der Waals surface area contributed by atoms with Crippen molar-refractivity contribution in [3.05, 3.63) is 22.7 Å². The maximum Gasteiger partial charge on any atom is 0.307 e. The van der Waals surface area contributed by atoms with E-state index in [9.17, 15) is 4.79 Å². The minimum Gasteiger partial charge on any atom is -0.493 e. The van der Waals surface area contributed by atoms with Crippen LogP contribution in [0.1, 0.15) is 24.8 Å². The number of carbonyl (C=O) groups is 1. The molecule has 3 rings (SSSR count). The second-order valence-corrected chi connectivity index (χ2v) is 6.95. The fraction of sp³-hybridized carbons (Fsp3) is 0.588. The van der Waals surface area contributed by atoms with Crippen LogP contribution in [0, 0.1) is 11.3 Å². The molecule has 2 fully saturated rings. The number of nitrogens with zero attached hydrogens (tertiary/aromatic N) is 1. The molecular weight excluding hydrogens is 318 g/mol. The van der Waals surface area contributed by atoms with E-state index in [1.807, 2.05) is 12.1 Å². The van der Waals surface area contributed by atoms with Crippen molar-refractivity contribution in [2.24, 2.45) is 11.3 Å². The Kier molecular flexibility index (Phi) is 4.43. The van der Waals surface area contributed by atoms with Gasteiger partial charge in [-0.05, 0) is 55.5 Å². The summed E-state index contributed by atoms with van der Waals surface area (Å²) in [6.45, 7) is 2.64. The van der Waals surface area contributed by atoms with E-state index in [4.69, 9.17) is 26.2 Å². The van der Waals surface area contributed by atoms with Gasteiger partial charge in [0.05, 0.1) is 25.2 Å². The molecule has 1 unspecified atom stereocenters. The molecule has 1 heterocycles. The van der Waals surface area contributed by atoms with Gasteiger partial charge in [0.2, 0.25) is 0 Å². The average Bonchev–Trinajstić information content (AvgIpc) is 3.23. The average molecular weight is 340 g/mol. The lowest BCUT2D eigenvalue weighted by atomic mass is 9.90. The quantitative estimate of drug-likeness (QED) is 0.893. The number of carboxylic acid groups (broad SMARTS) is 1. The predicted molar refractivity (Wildman–Crippen MR) is 87.2 cm³/mol. The number of rotatable bonds is 5. The van der Waals surface area contributed by atoms with E-state index in [2.05, 4.69) is 4.90 Å². The lowest BCUT2D eigenvalue weighted by molar-refractivity contribution is -0.139. The summed E-state index contributed by atoms with van der Waals surface area (Å²) in [7, 11) is 3.17. The van der Waals surface area contributed by atoms with Gasteiger partial charge in [0.1, 0.15) is 0 Å². The third-order valence-electron chi connectivity index (χ3n) is 5.24. The number of likely N-dealkylation sites (tertiary alicyclic amines) is 1. The zero-order valence-electron chi connectivity index (χ0n) is 13.5. The van der Waals surface area contributed by atoms with Crippen molar-refractivity contribution in [1.82, 2.24) is 4.90 Å². The second-order valence-electron chi connectivity index (χ2n) is 6.55. The highest BCUT2D eigenvalue weighted by atomic mass is 35.5. The van der Waals surface area contributed by atoms with Gasteiger partial charge in [-0.25, -0.2) is 0 Å². The highest BCUT2D eigenvalue weighted by molar-refractivity contribution is 6.32. The standard InChI is InChI=1S/C17H22ClNO4/c1-22-14-8-11(7-13(18)15(14)23-2)10-19-5-3-17(4-6-19)9-12(17)16(20)21/h7-8,12H,3-6,9-10H2,1-2H3,(H,20,21). The third-order valence-corrected chi connectivity index (χ3v) is 5.52. The molecule has 1 atom stereocenters. The van der Waals surface area contributed by atoms with Gasteiger partial charge in [-0.2, -0.15) is 0 Å². The van der Waals surface area contributed by atoms with Crippen LogP contribution >= 0.6 is 11.6 Å². The summed E-state index contributed by atoms with van der Waals surface area (Å²) in [5.41, 5.74) is 1.14. The Bertz CT molecular complexity index is 611. The molecule has 1 aromatic carbocycles. The first-order chi connectivity index (χ1) is 11.0. The number of aliphatic carboxylic acids is 1. The Balaban J connectivity index is 1.63. The summed E-state index contributed by atoms with van der Waals surface area (Å²) in [6.07, 6.45) is 2.77. The second kappa shape index (κ2) is 6.21. The molecule has 0 amide bonds. The number of halogens is 1. The first kappa shape index (κ1) is 16.4. The summed E-state index contributed by atoms with van der Waals surface area (Å²) in [6, 6.07) is 3.86. The molecule has 1 aromatic rings. The molecule has 0 aromatic heterocycles. The van der Waals surface area contributed by atoms with Gasteiger partial charge in [0, 0.05) is 6.54 Å². The Morgan fingerprint density at radius 1 is 1.35 bits per heavy atom. The number of hydrogen-bond donors (Lipinski definition) is 1. The van der Waals surface area contributed by atoms with E-state index in [-0.39, 0.29) is 11.3 Å². The summed E-state index contributed by atoms with van der Waals surface area (Å²) < 4.78 is 10.6. The lowest BCUT2D eigenvalue weighted by Gasteiger charge is -2.32. The summed E-state index contributed by atoms with van der Waals surface area (Å²) in [5, 5.41) is 9.70. The Morgan fingerprint density at radius 3 is 2.57 bits per heavy atom. The molecule has 1 aliphatic carbocycles. The van der Waals surface area contributed by atoms with E-state index in [1.54, 1.807) is 14.2 Å². The Hall–Kier alpha value is -1.46. The van der Waals surface area contributed by atoms with Gasteiger partial charge in [-0.3, -0.25) is 9.69 Å². The fourth-order valence-corrected chi connectivity index (χ4v) is 4.04. The van der Waals surface area contributed by atoms with Crippen molar-refractivity contribution in [2.45, 2.75) is 25.8 Å². The maximum atomic E-state index is 11.1. The molecular formula is C17H22ClNO4. The number of ether oxygens (including phenoxy) is 2. The first-order valence-electron chi connectivity index (χ1n) is 7.84. The number of carboxylic acids is 1. The summed E-state index contributed by atoms with van der Waals surface area (Å²) in [4.78, 5) is 13.5. The summed E-state index contributed by atoms with van der Waals surface area (Å²) in [5.74, 6) is 0.430. The van der Waals surface area contributed by atoms with Gasteiger partial charge >= 0.3 is 5.97 Å². The van der Waals surface area contributed by atoms with Crippen molar-refractivity contribution >= 4 is 17.6 Å². The van der Waals surface area contributed by atoms with Crippen molar-refractivity contribution in [2.75, 3.05) is 27.3 Å². The molecule has 5 nitrogen and oxygen atoms in total. The van der Waals surface area contributed by atoms with Crippen molar-refractivity contribution in [3.63, 3.8) is 0 Å². The van der Waals surface area contributed by atoms with Crippen molar-refractivity contribution in [1.29, 1.82) is 0 Å². The van der Waals surface area contributed by atoms with E-state index in [0.29, 0.717) is 16.5 Å². The molecule has 23 heavy (non-hydrogen) atoms. The highest BCUT2D eigenvalue weighted by Crippen LogP contribution is 2.59. The van der Waals surface area contributed by atoms with Crippen LogP contribution in [0.5, 0.6) is 11.5 Å². The molecule has 0 radical (unpaired) electrons. The molecule has 2 aliphatic rings. The van der Waals surface area contributed by atoms with E-state index in [1.165, 1.54) is 0 Å². The van der Waals surface area contributed by atoms with Gasteiger partial charge in [0.15, 0.2) is 11.5 Å². The SMILES string of the molecule is COc1cc(CN2CCC3(CC2)CC3C(=O)O)cc(Cl)c1OC. The van der Waals surface area contributed by atoms with Crippen LogP contribution in [0.25, 0.3) is 0 Å². The van der Waals surface area contributed by atoms with Crippen LogP contribution in [0.15, 0.2) is 12.1 Å². The molecule has 0 bridgehead atoms. The lowest BCUT2D eigenvalue weighted by Crippen LogP contribution is -2.35. The largest absolute Gasteiger partial charge is 0.493 e. The maximum absolute atomic E-state index is 11.1. The van der Waals surface area contributed by atoms with Crippen LogP contribution in [-0.2, 0) is 11.3 Å². The van der Waals surface area contributed by atoms with Crippen molar-refractivity contribution < 1.29 is 19.4 Å². The topological polar surface area (TPSA) is 59.0 Å². The Morgan fingerprint density at radius 2 is 2.04 bits per heavy atom. The van der Waals surface area contributed by atoms with Gasteiger partial charge < -0.3 is 14.6 Å². The van der Waals surface area contributed by atoms with Gasteiger partial charge in [-0.1, -0.05) is 11.6 Å². The van der Waals surface area contributed by atoms with Gasteiger partial charge in [0.25, 0.3) is 0 Å². The Labute approximate surface area is 141 Å². The van der Waals surface area contributed by atoms with Crippen LogP contribution in [0.2, 0.25) is 5.02 Å². The zero-order chi connectivity index (χ0) is 16.6. The fourth-order valence-electron chi connectivity index (χ4n) is 3.73. The van der Waals surface area contributed by atoms with E-state index >= 15 is 0 Å². The van der Waals surface area contributed by atoms with Crippen LogP contribution in [-0.4, -0.2) is 43.3 Å². The number of benzene rings is 1. The predicted octanol–water partition coefficient (Wildman–Crippen LogP) is 3.04. The molecule has 1 saturated heterocycles. The monoisotopic (exact) mass is 339 g/mol. The number of piperidine rings is 1. The van der Waals surface area contributed by atoms with Crippen LogP contribution < -0.4 is 9.47 Å². The molecule has 1 spiro atoms. The van der Waals surface area contributed by atoms with Crippen LogP contribution in [0.4, 0.5) is 0 Å². The van der Waals surface area contributed by atoms with E-state index < -0.39 is 5.97 Å². The number of methoxy groups -OCH3 is 2. The highest BCUT2D eigenvalue weighted by Gasteiger charge is 2.58. The molecule has 1 aliphatic heterocycles. The first-order valence-corrected chi connectivity index (χ1v) is 8.22. The minimum absolute atomic E-state index is 0.0670. The minimum atomic E-state index is -0.634. The summed E-state index contributed by atoms with van der Waals surface area (Å²) >= 11 is 6.25. The van der Waals surface area contributed by atoms with Crippen molar-refractivity contribution in [3.8, 4) is 11.5 Å². The smallest absolute Gasteiger partial charge is 0.307 e. The molecule has 6 heteroatoms. The zero-order valence-corrected chi connectivity index (χ0v) is 14.2. The number of hydrogen-bond acceptors (Lipinski definition) is 4. The normalized spacial score (nSPS) is 22.8. The molecule has 1 saturated carbocycles. The van der Waals surface area contributed by atoms with Crippen LogP contribution in [0.3, 0.4) is 0 Å². The third kappa shape index (κ3) is 3.12. The van der Waals surface area contributed by atoms with Gasteiger partial charge in [-0.15, -0.1) is 0 Å².